The summed E-state index contributed by atoms with van der Waals surface area (Å²) in [4.78, 5) is 4.84. The maximum Gasteiger partial charge on any atom is 0.165 e. The van der Waals surface area contributed by atoms with E-state index in [-0.39, 0.29) is 5.82 Å². The molecular formula is C17H27FN2O2. The van der Waals surface area contributed by atoms with Crippen LogP contribution in [-0.4, -0.2) is 68.4 Å². The molecule has 0 saturated carbocycles. The molecule has 0 bridgehead atoms. The van der Waals surface area contributed by atoms with Gasteiger partial charge in [0, 0.05) is 45.4 Å². The van der Waals surface area contributed by atoms with Crippen molar-refractivity contribution >= 4 is 0 Å². The van der Waals surface area contributed by atoms with Gasteiger partial charge in [0.25, 0.3) is 0 Å². The fourth-order valence-electron chi connectivity index (χ4n) is 2.78. The Bertz CT molecular complexity index is 444. The van der Waals surface area contributed by atoms with E-state index < -0.39 is 0 Å². The summed E-state index contributed by atoms with van der Waals surface area (Å²) in [7, 11) is 0. The van der Waals surface area contributed by atoms with Crippen LogP contribution in [0, 0.1) is 5.82 Å². The van der Waals surface area contributed by atoms with Crippen LogP contribution in [0.1, 0.15) is 13.8 Å². The van der Waals surface area contributed by atoms with Crippen molar-refractivity contribution in [2.45, 2.75) is 19.9 Å². The molecule has 1 unspecified atom stereocenters. The third kappa shape index (κ3) is 5.23. The van der Waals surface area contributed by atoms with Crippen LogP contribution < -0.4 is 4.74 Å². The van der Waals surface area contributed by atoms with Gasteiger partial charge in [-0.2, -0.15) is 0 Å². The van der Waals surface area contributed by atoms with Gasteiger partial charge in [-0.1, -0.05) is 12.1 Å². The van der Waals surface area contributed by atoms with Crippen molar-refractivity contribution < 1.29 is 13.9 Å². The quantitative estimate of drug-likeness (QED) is 0.688. The number of hydrogen-bond donors (Lipinski definition) is 0. The van der Waals surface area contributed by atoms with E-state index in [1.165, 1.54) is 6.07 Å². The van der Waals surface area contributed by atoms with Crippen molar-refractivity contribution in [3.63, 3.8) is 0 Å². The van der Waals surface area contributed by atoms with Gasteiger partial charge in [-0.25, -0.2) is 4.39 Å². The van der Waals surface area contributed by atoms with Gasteiger partial charge in [-0.15, -0.1) is 0 Å². The van der Waals surface area contributed by atoms with Crippen LogP contribution in [0.25, 0.3) is 0 Å². The molecule has 0 amide bonds. The zero-order valence-corrected chi connectivity index (χ0v) is 13.6. The van der Waals surface area contributed by atoms with E-state index in [0.717, 1.165) is 45.9 Å². The first-order chi connectivity index (χ1) is 10.7. The van der Waals surface area contributed by atoms with E-state index in [0.29, 0.717) is 18.4 Å². The summed E-state index contributed by atoms with van der Waals surface area (Å²) in [5.74, 6) is 0.0440. The van der Waals surface area contributed by atoms with Crippen LogP contribution in [0.3, 0.4) is 0 Å². The van der Waals surface area contributed by atoms with Crippen LogP contribution in [0.2, 0.25) is 0 Å². The maximum atomic E-state index is 13.5. The predicted molar refractivity (Wildman–Crippen MR) is 85.9 cm³/mol. The highest BCUT2D eigenvalue weighted by molar-refractivity contribution is 5.23. The number of nitrogens with zero attached hydrogens (tertiary/aromatic N) is 2. The molecule has 1 fully saturated rings. The summed E-state index contributed by atoms with van der Waals surface area (Å²) in [6.45, 7) is 11.3. The Balaban J connectivity index is 1.67. The predicted octanol–water partition coefficient (Wildman–Crippen LogP) is 2.25. The Hall–Kier alpha value is -1.17. The van der Waals surface area contributed by atoms with Gasteiger partial charge < -0.3 is 9.47 Å². The molecule has 1 saturated heterocycles. The van der Waals surface area contributed by atoms with Crippen molar-refractivity contribution in [1.29, 1.82) is 0 Å². The molecule has 1 aliphatic heterocycles. The fraction of sp³-hybridized carbons (Fsp3) is 0.647. The first-order valence-electron chi connectivity index (χ1n) is 8.12. The first-order valence-corrected chi connectivity index (χ1v) is 8.12. The molecule has 1 atom stereocenters. The molecule has 1 aromatic rings. The Morgan fingerprint density at radius 2 is 2.00 bits per heavy atom. The number of rotatable bonds is 8. The van der Waals surface area contributed by atoms with Crippen molar-refractivity contribution in [3.05, 3.63) is 30.1 Å². The highest BCUT2D eigenvalue weighted by Gasteiger charge is 2.23. The molecular weight excluding hydrogens is 283 g/mol. The lowest BCUT2D eigenvalue weighted by atomic mass is 10.2. The third-order valence-electron chi connectivity index (χ3n) is 4.08. The van der Waals surface area contributed by atoms with Crippen molar-refractivity contribution in [1.82, 2.24) is 9.80 Å². The highest BCUT2D eigenvalue weighted by Crippen LogP contribution is 2.15. The Labute approximate surface area is 132 Å². The highest BCUT2D eigenvalue weighted by atomic mass is 19.1. The van der Waals surface area contributed by atoms with E-state index >= 15 is 0 Å². The lowest BCUT2D eigenvalue weighted by Gasteiger charge is -2.39. The number of hydrogen-bond acceptors (Lipinski definition) is 4. The van der Waals surface area contributed by atoms with E-state index in [9.17, 15) is 4.39 Å². The molecule has 0 N–H and O–H groups in total. The molecule has 1 aliphatic rings. The van der Waals surface area contributed by atoms with Crippen molar-refractivity contribution in [2.75, 3.05) is 52.5 Å². The lowest BCUT2D eigenvalue weighted by Crippen LogP contribution is -2.53. The van der Waals surface area contributed by atoms with E-state index in [4.69, 9.17) is 9.47 Å². The summed E-state index contributed by atoms with van der Waals surface area (Å²) in [6, 6.07) is 7.07. The molecule has 1 heterocycles. The van der Waals surface area contributed by atoms with Gasteiger partial charge in [0.15, 0.2) is 11.6 Å². The zero-order valence-electron chi connectivity index (χ0n) is 13.6. The van der Waals surface area contributed by atoms with Crippen LogP contribution in [0.15, 0.2) is 24.3 Å². The Morgan fingerprint density at radius 3 is 2.73 bits per heavy atom. The second-order valence-electron chi connectivity index (χ2n) is 5.66. The second-order valence-corrected chi connectivity index (χ2v) is 5.66. The summed E-state index contributed by atoms with van der Waals surface area (Å²) in [5.41, 5.74) is 0. The normalized spacial score (nSPS) is 20.2. The summed E-state index contributed by atoms with van der Waals surface area (Å²) < 4.78 is 24.4. The molecule has 0 radical (unpaired) electrons. The molecule has 22 heavy (non-hydrogen) atoms. The summed E-state index contributed by atoms with van der Waals surface area (Å²) >= 11 is 0. The molecule has 0 spiro atoms. The van der Waals surface area contributed by atoms with E-state index in [1.807, 2.05) is 6.92 Å². The second kappa shape index (κ2) is 9.08. The molecule has 5 heteroatoms. The lowest BCUT2D eigenvalue weighted by molar-refractivity contribution is 0.0445. The van der Waals surface area contributed by atoms with Gasteiger partial charge in [-0.05, 0) is 26.0 Å². The van der Waals surface area contributed by atoms with Gasteiger partial charge in [0.1, 0.15) is 6.61 Å². The summed E-state index contributed by atoms with van der Waals surface area (Å²) in [6.07, 6.45) is 0. The number of ether oxygens (including phenoxy) is 2. The Kier molecular flexibility index (Phi) is 7.09. The average Bonchev–Trinajstić information content (AvgIpc) is 2.51. The number of benzene rings is 1. The van der Waals surface area contributed by atoms with Crippen LogP contribution >= 0.6 is 0 Å². The first kappa shape index (κ1) is 17.2. The molecule has 0 aliphatic carbocycles. The molecule has 2 rings (SSSR count). The van der Waals surface area contributed by atoms with Crippen molar-refractivity contribution in [3.8, 4) is 5.75 Å². The largest absolute Gasteiger partial charge is 0.489 e. The van der Waals surface area contributed by atoms with Crippen molar-refractivity contribution in [2.24, 2.45) is 0 Å². The van der Waals surface area contributed by atoms with Gasteiger partial charge in [0.05, 0.1) is 6.61 Å². The zero-order chi connectivity index (χ0) is 15.8. The molecule has 124 valence electrons. The Morgan fingerprint density at radius 1 is 1.18 bits per heavy atom. The van der Waals surface area contributed by atoms with Crippen LogP contribution in [0.4, 0.5) is 4.39 Å². The molecule has 4 nitrogen and oxygen atoms in total. The minimum absolute atomic E-state index is 0.295. The number of piperazine rings is 1. The fourth-order valence-corrected chi connectivity index (χ4v) is 2.78. The molecule has 0 aromatic heterocycles. The summed E-state index contributed by atoms with van der Waals surface area (Å²) in [5, 5.41) is 0. The minimum atomic E-state index is -0.295. The molecule has 1 aromatic carbocycles. The topological polar surface area (TPSA) is 24.9 Å². The van der Waals surface area contributed by atoms with Gasteiger partial charge >= 0.3 is 0 Å². The van der Waals surface area contributed by atoms with E-state index in [2.05, 4.69) is 16.7 Å². The van der Waals surface area contributed by atoms with Crippen LogP contribution in [-0.2, 0) is 4.74 Å². The van der Waals surface area contributed by atoms with Gasteiger partial charge in [0.2, 0.25) is 0 Å². The number of halogens is 1. The van der Waals surface area contributed by atoms with Gasteiger partial charge in [-0.3, -0.25) is 9.80 Å². The monoisotopic (exact) mass is 310 g/mol. The third-order valence-corrected chi connectivity index (χ3v) is 4.08. The smallest absolute Gasteiger partial charge is 0.165 e. The SMILES string of the molecule is CCOCCN1CCN(CCOc2ccccc2F)CC1C. The van der Waals surface area contributed by atoms with E-state index in [1.54, 1.807) is 18.2 Å². The standard InChI is InChI=1S/C17H27FN2O2/c1-3-21-12-11-20-9-8-19(14-15(20)2)10-13-22-17-7-5-4-6-16(17)18/h4-7,15H,3,8-14H2,1-2H3. The average molecular weight is 310 g/mol. The number of para-hydroxylation sites is 1. The minimum Gasteiger partial charge on any atom is -0.489 e. The maximum absolute atomic E-state index is 13.5. The van der Waals surface area contributed by atoms with Crippen LogP contribution in [0.5, 0.6) is 5.75 Å².